The fourth-order valence-corrected chi connectivity index (χ4v) is 3.36. The molecule has 1 aliphatic carbocycles. The number of nitrogens with one attached hydrogen (secondary N) is 2. The lowest BCUT2D eigenvalue weighted by molar-refractivity contribution is -0.143. The first-order chi connectivity index (χ1) is 11.1. The lowest BCUT2D eigenvalue weighted by Crippen LogP contribution is -2.45. The molecule has 1 aliphatic heterocycles. The molecule has 1 aromatic carbocycles. The fourth-order valence-electron chi connectivity index (χ4n) is 3.36. The molecule has 1 heterocycles. The molecule has 1 amide bonds. The highest BCUT2D eigenvalue weighted by atomic mass is 16.5. The van der Waals surface area contributed by atoms with Gasteiger partial charge in [-0.3, -0.25) is 9.59 Å². The summed E-state index contributed by atoms with van der Waals surface area (Å²) in [7, 11) is 2.83. The van der Waals surface area contributed by atoms with E-state index in [1.165, 1.54) is 25.5 Å². The van der Waals surface area contributed by atoms with E-state index in [2.05, 4.69) is 33.6 Å². The molecule has 0 radical (unpaired) electrons. The summed E-state index contributed by atoms with van der Waals surface area (Å²) in [4.78, 5) is 23.6. The van der Waals surface area contributed by atoms with Gasteiger partial charge in [0.15, 0.2) is 0 Å². The molecule has 0 aromatic heterocycles. The van der Waals surface area contributed by atoms with E-state index in [4.69, 9.17) is 4.74 Å². The first kappa shape index (κ1) is 15.8. The Morgan fingerprint density at radius 1 is 1.35 bits per heavy atom. The van der Waals surface area contributed by atoms with Crippen LogP contribution in [0.4, 0.5) is 5.69 Å². The van der Waals surface area contributed by atoms with Crippen LogP contribution < -0.4 is 10.6 Å². The summed E-state index contributed by atoms with van der Waals surface area (Å²) in [6, 6.07) is 6.34. The Bertz CT molecular complexity index is 625. The molecule has 3 rings (SSSR count). The van der Waals surface area contributed by atoms with Crippen molar-refractivity contribution >= 4 is 17.6 Å². The average molecular weight is 318 g/mol. The highest BCUT2D eigenvalue weighted by Gasteiger charge is 2.54. The molecule has 1 fully saturated rings. The number of hydrogen-bond donors (Lipinski definition) is 2. The minimum absolute atomic E-state index is 0.140. The number of carbonyl (C=O) groups is 2. The van der Waals surface area contributed by atoms with Crippen molar-refractivity contribution in [3.63, 3.8) is 0 Å². The fraction of sp³-hybridized carbons (Fsp3) is 0.529. The van der Waals surface area contributed by atoms with Gasteiger partial charge in [0.25, 0.3) is 5.91 Å². The smallest absolute Gasteiger partial charge is 0.325 e. The van der Waals surface area contributed by atoms with Crippen LogP contribution in [0.2, 0.25) is 0 Å². The van der Waals surface area contributed by atoms with Gasteiger partial charge in [-0.25, -0.2) is 0 Å². The van der Waals surface area contributed by atoms with Crippen LogP contribution in [0.25, 0.3) is 0 Å². The van der Waals surface area contributed by atoms with E-state index in [1.54, 1.807) is 0 Å². The van der Waals surface area contributed by atoms with Crippen molar-refractivity contribution in [2.75, 3.05) is 32.6 Å². The van der Waals surface area contributed by atoms with Gasteiger partial charge in [-0.05, 0) is 36.5 Å². The van der Waals surface area contributed by atoms with Crippen molar-refractivity contribution in [2.45, 2.75) is 30.8 Å². The Labute approximate surface area is 135 Å². The van der Waals surface area contributed by atoms with Crippen molar-refractivity contribution in [3.8, 4) is 0 Å². The molecule has 2 aliphatic rings. The summed E-state index contributed by atoms with van der Waals surface area (Å²) >= 11 is 0. The number of benzene rings is 1. The van der Waals surface area contributed by atoms with E-state index in [0.29, 0.717) is 0 Å². The Morgan fingerprint density at radius 2 is 2.13 bits per heavy atom. The molecule has 0 bridgehead atoms. The third-order valence-corrected chi connectivity index (χ3v) is 4.79. The van der Waals surface area contributed by atoms with Gasteiger partial charge < -0.3 is 20.1 Å². The summed E-state index contributed by atoms with van der Waals surface area (Å²) in [6.07, 6.45) is 2.22. The lowest BCUT2D eigenvalue weighted by atomic mass is 9.87. The minimum Gasteiger partial charge on any atom is -0.468 e. The normalized spacial score (nSPS) is 18.5. The molecular weight excluding hydrogens is 296 g/mol. The molecule has 1 unspecified atom stereocenters. The highest BCUT2D eigenvalue weighted by molar-refractivity contribution is 5.87. The van der Waals surface area contributed by atoms with Gasteiger partial charge in [0.2, 0.25) is 0 Å². The molecule has 23 heavy (non-hydrogen) atoms. The summed E-state index contributed by atoms with van der Waals surface area (Å²) in [5.74, 6) is -0.740. The van der Waals surface area contributed by atoms with Crippen LogP contribution in [0.5, 0.6) is 0 Å². The largest absolute Gasteiger partial charge is 0.468 e. The second kappa shape index (κ2) is 6.20. The summed E-state index contributed by atoms with van der Waals surface area (Å²) in [5.41, 5.74) is 3.32. The van der Waals surface area contributed by atoms with E-state index in [0.717, 1.165) is 31.4 Å². The van der Waals surface area contributed by atoms with Crippen LogP contribution in [0.3, 0.4) is 0 Å². The topological polar surface area (TPSA) is 76.7 Å². The van der Waals surface area contributed by atoms with Crippen molar-refractivity contribution < 1.29 is 19.1 Å². The molecule has 1 saturated carbocycles. The Morgan fingerprint density at radius 3 is 2.78 bits per heavy atom. The monoisotopic (exact) mass is 318 g/mol. The van der Waals surface area contributed by atoms with E-state index < -0.39 is 12.1 Å². The lowest BCUT2D eigenvalue weighted by Gasteiger charge is -2.25. The summed E-state index contributed by atoms with van der Waals surface area (Å²) in [6.45, 7) is 0.818. The third kappa shape index (κ3) is 2.91. The number of anilines is 1. The third-order valence-electron chi connectivity index (χ3n) is 4.79. The second-order valence-corrected chi connectivity index (χ2v) is 6.11. The maximum Gasteiger partial charge on any atom is 0.325 e. The van der Waals surface area contributed by atoms with Crippen molar-refractivity contribution in [1.29, 1.82) is 0 Å². The molecule has 6 heteroatoms. The number of hydrogen-bond acceptors (Lipinski definition) is 5. The van der Waals surface area contributed by atoms with E-state index in [1.807, 2.05) is 0 Å². The van der Waals surface area contributed by atoms with Crippen LogP contribution in [-0.2, 0) is 30.9 Å². The first-order valence-corrected chi connectivity index (χ1v) is 7.85. The summed E-state index contributed by atoms with van der Waals surface area (Å²) in [5, 5.41) is 5.94. The molecule has 1 atom stereocenters. The SMILES string of the molecule is COC(=O)CNC(=O)C(OC)C1(c2ccc3c(c2)CCN3)CC1. The van der Waals surface area contributed by atoms with Gasteiger partial charge in [0, 0.05) is 24.8 Å². The zero-order chi connectivity index (χ0) is 16.4. The van der Waals surface area contributed by atoms with E-state index in [-0.39, 0.29) is 17.9 Å². The number of amides is 1. The van der Waals surface area contributed by atoms with Crippen molar-refractivity contribution in [1.82, 2.24) is 5.32 Å². The first-order valence-electron chi connectivity index (χ1n) is 7.85. The molecular formula is C17H22N2O4. The highest BCUT2D eigenvalue weighted by Crippen LogP contribution is 2.52. The number of carbonyl (C=O) groups excluding carboxylic acids is 2. The molecule has 124 valence electrons. The van der Waals surface area contributed by atoms with Gasteiger partial charge in [0.1, 0.15) is 12.6 Å². The minimum atomic E-state index is -0.598. The zero-order valence-corrected chi connectivity index (χ0v) is 13.5. The number of rotatable bonds is 6. The maximum absolute atomic E-state index is 12.4. The Hall–Kier alpha value is -2.08. The molecule has 1 aromatic rings. The van der Waals surface area contributed by atoms with Gasteiger partial charge in [-0.2, -0.15) is 0 Å². The summed E-state index contributed by atoms with van der Waals surface area (Å²) < 4.78 is 10.0. The number of ether oxygens (including phenoxy) is 2. The van der Waals surface area contributed by atoms with Crippen LogP contribution in [-0.4, -0.2) is 45.3 Å². The predicted molar refractivity (Wildman–Crippen MR) is 85.4 cm³/mol. The van der Waals surface area contributed by atoms with Crippen molar-refractivity contribution in [3.05, 3.63) is 29.3 Å². The van der Waals surface area contributed by atoms with E-state index in [9.17, 15) is 9.59 Å². The number of methoxy groups -OCH3 is 2. The van der Waals surface area contributed by atoms with Crippen LogP contribution in [0.1, 0.15) is 24.0 Å². The van der Waals surface area contributed by atoms with Gasteiger partial charge >= 0.3 is 5.97 Å². The van der Waals surface area contributed by atoms with Crippen LogP contribution >= 0.6 is 0 Å². The van der Waals surface area contributed by atoms with Crippen molar-refractivity contribution in [2.24, 2.45) is 0 Å². The van der Waals surface area contributed by atoms with E-state index >= 15 is 0 Å². The molecule has 0 saturated heterocycles. The standard InChI is InChI=1S/C17H22N2O4/c1-22-14(20)10-19-16(21)15(23-2)17(6-7-17)12-3-4-13-11(9-12)5-8-18-13/h3-4,9,15,18H,5-8,10H2,1-2H3,(H,19,21). The van der Waals surface area contributed by atoms with Crippen LogP contribution in [0, 0.1) is 0 Å². The average Bonchev–Trinajstić information content (AvgIpc) is 3.22. The Kier molecular flexibility index (Phi) is 4.26. The molecule has 6 nitrogen and oxygen atoms in total. The zero-order valence-electron chi connectivity index (χ0n) is 13.5. The van der Waals surface area contributed by atoms with Crippen LogP contribution in [0.15, 0.2) is 18.2 Å². The number of esters is 1. The number of fused-ring (bicyclic) bond motifs is 1. The van der Waals surface area contributed by atoms with Gasteiger partial charge in [0.05, 0.1) is 7.11 Å². The second-order valence-electron chi connectivity index (χ2n) is 6.11. The van der Waals surface area contributed by atoms with Gasteiger partial charge in [-0.1, -0.05) is 12.1 Å². The Balaban J connectivity index is 1.77. The molecule has 0 spiro atoms. The quantitative estimate of drug-likeness (QED) is 0.765. The van der Waals surface area contributed by atoms with Gasteiger partial charge in [-0.15, -0.1) is 0 Å². The molecule has 2 N–H and O–H groups in total. The maximum atomic E-state index is 12.4. The predicted octanol–water partition coefficient (Wildman–Crippen LogP) is 0.990.